The molecule has 0 saturated carbocycles. The molecule has 0 fully saturated rings. The van der Waals surface area contributed by atoms with Gasteiger partial charge in [0.25, 0.3) is 0 Å². The molecule has 0 aromatic heterocycles. The molecular formula is C17H20O2S. The van der Waals surface area contributed by atoms with Crippen LogP contribution in [0.15, 0.2) is 60.7 Å². The SMILES string of the molecule is OC(COCc1ccccc1)CSCc1ccccc1. The molecule has 2 aromatic carbocycles. The third-order valence-corrected chi connectivity index (χ3v) is 4.00. The lowest BCUT2D eigenvalue weighted by Crippen LogP contribution is -2.18. The number of thioether (sulfide) groups is 1. The molecule has 1 N–H and O–H groups in total. The van der Waals surface area contributed by atoms with Gasteiger partial charge in [-0.3, -0.25) is 0 Å². The van der Waals surface area contributed by atoms with Crippen LogP contribution in [-0.2, 0) is 17.1 Å². The summed E-state index contributed by atoms with van der Waals surface area (Å²) in [7, 11) is 0. The topological polar surface area (TPSA) is 29.5 Å². The fourth-order valence-electron chi connectivity index (χ4n) is 1.82. The lowest BCUT2D eigenvalue weighted by molar-refractivity contribution is 0.0398. The van der Waals surface area contributed by atoms with Crippen LogP contribution >= 0.6 is 11.8 Å². The summed E-state index contributed by atoms with van der Waals surface area (Å²) in [6.45, 7) is 0.942. The standard InChI is InChI=1S/C17H20O2S/c18-17(12-19-11-15-7-3-1-4-8-15)14-20-13-16-9-5-2-6-10-16/h1-10,17-18H,11-14H2. The molecule has 0 heterocycles. The fraction of sp³-hybridized carbons (Fsp3) is 0.294. The van der Waals surface area contributed by atoms with E-state index in [0.717, 1.165) is 11.3 Å². The van der Waals surface area contributed by atoms with E-state index in [-0.39, 0.29) is 0 Å². The molecule has 0 aliphatic heterocycles. The van der Waals surface area contributed by atoms with E-state index in [0.29, 0.717) is 19.0 Å². The highest BCUT2D eigenvalue weighted by atomic mass is 32.2. The average Bonchev–Trinajstić information content (AvgIpc) is 2.49. The summed E-state index contributed by atoms with van der Waals surface area (Å²) in [6.07, 6.45) is -0.410. The molecule has 2 aromatic rings. The molecule has 2 rings (SSSR count). The van der Waals surface area contributed by atoms with Crippen LogP contribution in [-0.4, -0.2) is 23.6 Å². The van der Waals surface area contributed by atoms with Gasteiger partial charge in [-0.15, -0.1) is 0 Å². The maximum absolute atomic E-state index is 9.86. The van der Waals surface area contributed by atoms with Crippen molar-refractivity contribution in [3.63, 3.8) is 0 Å². The summed E-state index contributed by atoms with van der Waals surface area (Å²) >= 11 is 1.73. The zero-order chi connectivity index (χ0) is 14.0. The minimum Gasteiger partial charge on any atom is -0.390 e. The molecule has 0 spiro atoms. The highest BCUT2D eigenvalue weighted by Gasteiger charge is 2.05. The highest BCUT2D eigenvalue weighted by molar-refractivity contribution is 7.98. The van der Waals surface area contributed by atoms with Crippen molar-refractivity contribution < 1.29 is 9.84 Å². The van der Waals surface area contributed by atoms with Gasteiger partial charge in [0.05, 0.1) is 19.3 Å². The number of aliphatic hydroxyl groups is 1. The van der Waals surface area contributed by atoms with Crippen LogP contribution in [0.3, 0.4) is 0 Å². The second kappa shape index (κ2) is 8.80. The summed E-state index contributed by atoms with van der Waals surface area (Å²) in [6, 6.07) is 20.3. The average molecular weight is 288 g/mol. The second-order valence-corrected chi connectivity index (χ2v) is 5.69. The molecule has 2 nitrogen and oxygen atoms in total. The van der Waals surface area contributed by atoms with E-state index in [2.05, 4.69) is 12.1 Å². The van der Waals surface area contributed by atoms with Gasteiger partial charge in [-0.25, -0.2) is 0 Å². The molecule has 0 saturated heterocycles. The quantitative estimate of drug-likeness (QED) is 0.806. The van der Waals surface area contributed by atoms with Gasteiger partial charge in [-0.2, -0.15) is 11.8 Å². The van der Waals surface area contributed by atoms with Gasteiger partial charge in [0, 0.05) is 11.5 Å². The summed E-state index contributed by atoms with van der Waals surface area (Å²) in [5.41, 5.74) is 2.42. The van der Waals surface area contributed by atoms with Gasteiger partial charge in [-0.1, -0.05) is 60.7 Å². The molecular weight excluding hydrogens is 268 g/mol. The van der Waals surface area contributed by atoms with Crippen molar-refractivity contribution in [2.45, 2.75) is 18.5 Å². The van der Waals surface area contributed by atoms with Gasteiger partial charge in [0.2, 0.25) is 0 Å². The van der Waals surface area contributed by atoms with Crippen molar-refractivity contribution >= 4 is 11.8 Å². The number of rotatable bonds is 8. The molecule has 1 unspecified atom stereocenters. The van der Waals surface area contributed by atoms with Crippen LogP contribution in [0.1, 0.15) is 11.1 Å². The van der Waals surface area contributed by atoms with Crippen LogP contribution in [0.2, 0.25) is 0 Å². The van der Waals surface area contributed by atoms with Crippen molar-refractivity contribution in [2.75, 3.05) is 12.4 Å². The monoisotopic (exact) mass is 288 g/mol. The Labute approximate surface area is 124 Å². The van der Waals surface area contributed by atoms with E-state index in [4.69, 9.17) is 4.74 Å². The van der Waals surface area contributed by atoms with Crippen molar-refractivity contribution in [3.05, 3.63) is 71.8 Å². The van der Waals surface area contributed by atoms with Crippen molar-refractivity contribution in [3.8, 4) is 0 Å². The van der Waals surface area contributed by atoms with Crippen LogP contribution < -0.4 is 0 Å². The summed E-state index contributed by atoms with van der Waals surface area (Å²) in [4.78, 5) is 0. The zero-order valence-electron chi connectivity index (χ0n) is 11.4. The molecule has 106 valence electrons. The van der Waals surface area contributed by atoms with E-state index >= 15 is 0 Å². The Morgan fingerprint density at radius 2 is 1.50 bits per heavy atom. The minimum absolute atomic E-state index is 0.386. The maximum Gasteiger partial charge on any atom is 0.0864 e. The predicted molar refractivity (Wildman–Crippen MR) is 84.7 cm³/mol. The molecule has 3 heteroatoms. The van der Waals surface area contributed by atoms with Gasteiger partial charge in [0.1, 0.15) is 0 Å². The first-order valence-electron chi connectivity index (χ1n) is 6.76. The van der Waals surface area contributed by atoms with Gasteiger partial charge < -0.3 is 9.84 Å². The Morgan fingerprint density at radius 1 is 0.900 bits per heavy atom. The summed E-state index contributed by atoms with van der Waals surface area (Å²) < 4.78 is 5.52. The van der Waals surface area contributed by atoms with E-state index in [1.54, 1.807) is 11.8 Å². The first-order chi connectivity index (χ1) is 9.84. The number of aliphatic hydroxyl groups excluding tert-OH is 1. The zero-order valence-corrected chi connectivity index (χ0v) is 12.3. The molecule has 0 aliphatic carbocycles. The van der Waals surface area contributed by atoms with Crippen molar-refractivity contribution in [2.24, 2.45) is 0 Å². The van der Waals surface area contributed by atoms with Crippen LogP contribution in [0, 0.1) is 0 Å². The molecule has 20 heavy (non-hydrogen) atoms. The van der Waals surface area contributed by atoms with Crippen LogP contribution in [0.25, 0.3) is 0 Å². The van der Waals surface area contributed by atoms with E-state index < -0.39 is 6.10 Å². The van der Waals surface area contributed by atoms with Gasteiger partial charge in [-0.05, 0) is 11.1 Å². The van der Waals surface area contributed by atoms with Crippen molar-refractivity contribution in [1.29, 1.82) is 0 Å². The predicted octanol–water partition coefficient (Wildman–Crippen LogP) is 3.50. The number of ether oxygens (including phenoxy) is 1. The smallest absolute Gasteiger partial charge is 0.0864 e. The first-order valence-corrected chi connectivity index (χ1v) is 7.91. The normalized spacial score (nSPS) is 12.2. The summed E-state index contributed by atoms with van der Waals surface area (Å²) in [5.74, 6) is 1.63. The Bertz CT molecular complexity index is 427. The largest absolute Gasteiger partial charge is 0.390 e. The lowest BCUT2D eigenvalue weighted by Gasteiger charge is -2.11. The third-order valence-electron chi connectivity index (χ3n) is 2.84. The molecule has 0 bridgehead atoms. The number of hydrogen-bond acceptors (Lipinski definition) is 3. The minimum atomic E-state index is -0.410. The van der Waals surface area contributed by atoms with Crippen LogP contribution in [0.5, 0.6) is 0 Å². The van der Waals surface area contributed by atoms with Crippen LogP contribution in [0.4, 0.5) is 0 Å². The van der Waals surface area contributed by atoms with Gasteiger partial charge >= 0.3 is 0 Å². The maximum atomic E-state index is 9.86. The highest BCUT2D eigenvalue weighted by Crippen LogP contribution is 2.13. The number of benzene rings is 2. The Morgan fingerprint density at radius 3 is 2.15 bits per heavy atom. The van der Waals surface area contributed by atoms with Gasteiger partial charge in [0.15, 0.2) is 0 Å². The number of hydrogen-bond donors (Lipinski definition) is 1. The Kier molecular flexibility index (Phi) is 6.64. The van der Waals surface area contributed by atoms with Crippen molar-refractivity contribution in [1.82, 2.24) is 0 Å². The van der Waals surface area contributed by atoms with E-state index in [9.17, 15) is 5.11 Å². The van der Waals surface area contributed by atoms with E-state index in [1.165, 1.54) is 5.56 Å². The molecule has 1 atom stereocenters. The second-order valence-electron chi connectivity index (χ2n) is 4.66. The molecule has 0 aliphatic rings. The Balaban J connectivity index is 1.58. The third kappa shape index (κ3) is 5.78. The van der Waals surface area contributed by atoms with E-state index in [1.807, 2.05) is 48.5 Å². The lowest BCUT2D eigenvalue weighted by atomic mass is 10.2. The molecule has 0 amide bonds. The summed E-state index contributed by atoms with van der Waals surface area (Å²) in [5, 5.41) is 9.86. The Hall–Kier alpha value is -1.29. The fourth-order valence-corrected chi connectivity index (χ4v) is 2.74. The molecule has 0 radical (unpaired) electrons. The first kappa shape index (κ1) is 15.1.